The van der Waals surface area contributed by atoms with Gasteiger partial charge in [-0.25, -0.2) is 0 Å². The van der Waals surface area contributed by atoms with Crippen LogP contribution in [0.3, 0.4) is 0 Å². The monoisotopic (exact) mass is 399 g/mol. The molecule has 1 fully saturated rings. The molecule has 3 aromatic carbocycles. The zero-order valence-corrected chi connectivity index (χ0v) is 16.8. The van der Waals surface area contributed by atoms with Gasteiger partial charge in [-0.05, 0) is 35.2 Å². The summed E-state index contributed by atoms with van der Waals surface area (Å²) in [5.74, 6) is -0.315. The molecule has 2 amide bonds. The van der Waals surface area contributed by atoms with Crippen LogP contribution in [-0.4, -0.2) is 17.9 Å². The van der Waals surface area contributed by atoms with Crippen LogP contribution in [0, 0.1) is 0 Å². The number of nitrogens with one attached hydrogen (secondary N) is 3. The Morgan fingerprint density at radius 2 is 1.60 bits per heavy atom. The van der Waals surface area contributed by atoms with Crippen molar-refractivity contribution in [2.75, 3.05) is 0 Å². The largest absolute Gasteiger partial charge is 0.348 e. The third kappa shape index (κ3) is 4.58. The molecule has 1 aliphatic heterocycles. The molecule has 3 aromatic rings. The van der Waals surface area contributed by atoms with Gasteiger partial charge in [0.2, 0.25) is 11.8 Å². The van der Waals surface area contributed by atoms with E-state index in [1.807, 2.05) is 67.6 Å². The minimum Gasteiger partial charge on any atom is -0.348 e. The third-order valence-electron chi connectivity index (χ3n) is 5.36. The molecule has 0 aliphatic carbocycles. The molecular formula is C25H25N3O2. The summed E-state index contributed by atoms with van der Waals surface area (Å²) >= 11 is 0. The van der Waals surface area contributed by atoms with Crippen LogP contribution in [-0.2, 0) is 9.59 Å². The van der Waals surface area contributed by atoms with Crippen LogP contribution in [0.2, 0.25) is 0 Å². The van der Waals surface area contributed by atoms with E-state index in [-0.39, 0.29) is 30.4 Å². The molecule has 5 heteroatoms. The second-order valence-corrected chi connectivity index (χ2v) is 7.56. The molecule has 1 aliphatic rings. The van der Waals surface area contributed by atoms with Gasteiger partial charge < -0.3 is 10.6 Å². The number of hydrogen-bond donors (Lipinski definition) is 3. The minimum atomic E-state index is -0.580. The summed E-state index contributed by atoms with van der Waals surface area (Å²) in [5, 5.41) is 9.20. The molecular weight excluding hydrogens is 374 g/mol. The first-order chi connectivity index (χ1) is 14.6. The van der Waals surface area contributed by atoms with Gasteiger partial charge in [-0.1, -0.05) is 78.9 Å². The predicted octanol–water partition coefficient (Wildman–Crippen LogP) is 3.71. The maximum Gasteiger partial charge on any atom is 0.238 e. The van der Waals surface area contributed by atoms with Crippen LogP contribution in [0.25, 0.3) is 11.1 Å². The van der Waals surface area contributed by atoms with Crippen LogP contribution < -0.4 is 16.0 Å². The number of rotatable bonds is 5. The van der Waals surface area contributed by atoms with Crippen molar-refractivity contribution >= 4 is 11.8 Å². The lowest BCUT2D eigenvalue weighted by Gasteiger charge is -2.32. The van der Waals surface area contributed by atoms with Crippen molar-refractivity contribution in [1.82, 2.24) is 16.0 Å². The fraction of sp³-hybridized carbons (Fsp3) is 0.200. The van der Waals surface area contributed by atoms with E-state index in [1.54, 1.807) is 0 Å². The molecule has 0 radical (unpaired) electrons. The predicted molar refractivity (Wildman–Crippen MR) is 117 cm³/mol. The fourth-order valence-corrected chi connectivity index (χ4v) is 3.72. The number of carbonyl (C=O) groups is 2. The Balaban J connectivity index is 1.45. The van der Waals surface area contributed by atoms with Crippen molar-refractivity contribution in [1.29, 1.82) is 0 Å². The van der Waals surface area contributed by atoms with E-state index >= 15 is 0 Å². The second-order valence-electron chi connectivity index (χ2n) is 7.56. The number of amides is 2. The van der Waals surface area contributed by atoms with Crippen molar-refractivity contribution in [3.63, 3.8) is 0 Å². The summed E-state index contributed by atoms with van der Waals surface area (Å²) in [6, 6.07) is 27.1. The summed E-state index contributed by atoms with van der Waals surface area (Å²) in [6.45, 7) is 1.96. The van der Waals surface area contributed by atoms with Crippen molar-refractivity contribution in [2.45, 2.75) is 31.6 Å². The summed E-state index contributed by atoms with van der Waals surface area (Å²) in [4.78, 5) is 25.1. The average molecular weight is 399 g/mol. The Kier molecular flexibility index (Phi) is 5.91. The Hall–Kier alpha value is -3.44. The van der Waals surface area contributed by atoms with E-state index in [0.29, 0.717) is 0 Å². The van der Waals surface area contributed by atoms with Gasteiger partial charge in [-0.15, -0.1) is 0 Å². The zero-order valence-electron chi connectivity index (χ0n) is 16.8. The molecule has 30 heavy (non-hydrogen) atoms. The van der Waals surface area contributed by atoms with Crippen LogP contribution in [0.4, 0.5) is 0 Å². The van der Waals surface area contributed by atoms with E-state index in [1.165, 1.54) is 0 Å². The van der Waals surface area contributed by atoms with Crippen LogP contribution >= 0.6 is 0 Å². The highest BCUT2D eigenvalue weighted by molar-refractivity contribution is 5.90. The maximum absolute atomic E-state index is 12.9. The van der Waals surface area contributed by atoms with E-state index in [2.05, 4.69) is 40.2 Å². The summed E-state index contributed by atoms with van der Waals surface area (Å²) in [5.41, 5.74) is 4.18. The highest BCUT2D eigenvalue weighted by Gasteiger charge is 2.31. The molecule has 3 atom stereocenters. The lowest BCUT2D eigenvalue weighted by molar-refractivity contribution is -0.132. The highest BCUT2D eigenvalue weighted by Crippen LogP contribution is 2.23. The van der Waals surface area contributed by atoms with Gasteiger partial charge in [-0.2, -0.15) is 0 Å². The molecule has 0 saturated carbocycles. The Bertz CT molecular complexity index is 1020. The molecule has 3 unspecified atom stereocenters. The standard InChI is InChI=1S/C25H25N3O2/c1-17(20-13-8-14-21(15-20)18-9-4-2-5-10-18)26-25(30)22-16-23(29)28-24(27-22)19-11-6-3-7-12-19/h2-15,17,22,24,27H,16H2,1H3,(H,26,30)(H,28,29). The van der Waals surface area contributed by atoms with Crippen molar-refractivity contribution in [2.24, 2.45) is 0 Å². The van der Waals surface area contributed by atoms with Crippen LogP contribution in [0.1, 0.15) is 36.7 Å². The number of carbonyl (C=O) groups excluding carboxylic acids is 2. The van der Waals surface area contributed by atoms with Crippen molar-refractivity contribution < 1.29 is 9.59 Å². The zero-order chi connectivity index (χ0) is 20.9. The number of benzene rings is 3. The van der Waals surface area contributed by atoms with Gasteiger partial charge in [0.05, 0.1) is 18.5 Å². The first kappa shape index (κ1) is 19.9. The first-order valence-electron chi connectivity index (χ1n) is 10.2. The van der Waals surface area contributed by atoms with Gasteiger partial charge in [0.25, 0.3) is 0 Å². The van der Waals surface area contributed by atoms with E-state index in [0.717, 1.165) is 22.3 Å². The fourth-order valence-electron chi connectivity index (χ4n) is 3.72. The first-order valence-corrected chi connectivity index (χ1v) is 10.2. The van der Waals surface area contributed by atoms with E-state index < -0.39 is 6.04 Å². The van der Waals surface area contributed by atoms with Gasteiger partial charge in [0.15, 0.2) is 0 Å². The lowest BCUT2D eigenvalue weighted by Crippen LogP contribution is -2.56. The maximum atomic E-state index is 12.9. The summed E-state index contributed by atoms with van der Waals surface area (Å²) in [6.07, 6.45) is -0.258. The topological polar surface area (TPSA) is 70.2 Å². The molecule has 0 bridgehead atoms. The SMILES string of the molecule is CC(NC(=O)C1CC(=O)NC(c2ccccc2)N1)c1cccc(-c2ccccc2)c1. The number of hydrogen-bond acceptors (Lipinski definition) is 3. The van der Waals surface area contributed by atoms with Gasteiger partial charge >= 0.3 is 0 Å². The smallest absolute Gasteiger partial charge is 0.238 e. The van der Waals surface area contributed by atoms with E-state index in [4.69, 9.17) is 0 Å². The molecule has 1 heterocycles. The Labute approximate surface area is 176 Å². The normalized spacial score (nSPS) is 19.6. The van der Waals surface area contributed by atoms with Crippen molar-refractivity contribution in [3.05, 3.63) is 96.1 Å². The van der Waals surface area contributed by atoms with Crippen LogP contribution in [0.15, 0.2) is 84.9 Å². The summed E-state index contributed by atoms with van der Waals surface area (Å²) in [7, 11) is 0. The van der Waals surface area contributed by atoms with Crippen LogP contribution in [0.5, 0.6) is 0 Å². The highest BCUT2D eigenvalue weighted by atomic mass is 16.2. The molecule has 0 aromatic heterocycles. The summed E-state index contributed by atoms with van der Waals surface area (Å²) < 4.78 is 0. The van der Waals surface area contributed by atoms with Gasteiger partial charge in [-0.3, -0.25) is 14.9 Å². The quantitative estimate of drug-likeness (QED) is 0.613. The third-order valence-corrected chi connectivity index (χ3v) is 5.36. The Morgan fingerprint density at radius 3 is 2.33 bits per heavy atom. The molecule has 152 valence electrons. The second kappa shape index (κ2) is 8.93. The molecule has 1 saturated heterocycles. The average Bonchev–Trinajstić information content (AvgIpc) is 2.80. The van der Waals surface area contributed by atoms with Crippen molar-refractivity contribution in [3.8, 4) is 11.1 Å². The molecule has 0 spiro atoms. The van der Waals surface area contributed by atoms with E-state index in [9.17, 15) is 9.59 Å². The minimum absolute atomic E-state index is 0.117. The lowest BCUT2D eigenvalue weighted by atomic mass is 9.99. The Morgan fingerprint density at radius 1 is 0.933 bits per heavy atom. The molecule has 5 nitrogen and oxygen atoms in total. The van der Waals surface area contributed by atoms with Gasteiger partial charge in [0, 0.05) is 0 Å². The van der Waals surface area contributed by atoms with Gasteiger partial charge in [0.1, 0.15) is 6.17 Å². The molecule has 3 N–H and O–H groups in total. The molecule has 4 rings (SSSR count).